The first-order chi connectivity index (χ1) is 8.20. The van der Waals surface area contributed by atoms with Crippen LogP contribution in [-0.4, -0.2) is 37.1 Å². The van der Waals surface area contributed by atoms with E-state index in [1.807, 2.05) is 12.1 Å². The number of nitrogens with zero attached hydrogens (tertiary/aromatic N) is 2. The van der Waals surface area contributed by atoms with E-state index in [0.29, 0.717) is 6.04 Å². The molecule has 19 heavy (non-hydrogen) atoms. The van der Waals surface area contributed by atoms with Crippen molar-refractivity contribution in [2.45, 2.75) is 12.5 Å². The van der Waals surface area contributed by atoms with Gasteiger partial charge in [0.25, 0.3) is 0 Å². The first kappa shape index (κ1) is 19.5. The van der Waals surface area contributed by atoms with Gasteiger partial charge < -0.3 is 31.1 Å². The van der Waals surface area contributed by atoms with Crippen LogP contribution in [0.15, 0.2) is 24.3 Å². The molecule has 1 aliphatic heterocycles. The van der Waals surface area contributed by atoms with Gasteiger partial charge in [0.1, 0.15) is 5.82 Å². The molecular weight excluding hydrogens is 266 g/mol. The van der Waals surface area contributed by atoms with E-state index in [1.54, 1.807) is 0 Å². The Hall–Kier alpha value is 0.546. The molecule has 2 nitrogen and oxygen atoms in total. The van der Waals surface area contributed by atoms with E-state index >= 15 is 0 Å². The van der Waals surface area contributed by atoms with E-state index in [4.69, 9.17) is 0 Å². The smallest absolute Gasteiger partial charge is 0.369 e. The molecule has 0 radical (unpaired) electrons. The topological polar surface area (TPSA) is 6.48 Å². The van der Waals surface area contributed by atoms with Gasteiger partial charge >= 0.3 is 51.4 Å². The Kier molecular flexibility index (Phi) is 9.75. The maximum absolute atomic E-state index is 12.8. The number of hydrogen-bond acceptors (Lipinski definition) is 2. The molecular formula is C15H22FKN2-2. The Balaban J connectivity index is 0.00000162. The summed E-state index contributed by atoms with van der Waals surface area (Å²) in [5, 5.41) is 0. The van der Waals surface area contributed by atoms with Gasteiger partial charge in [0.2, 0.25) is 0 Å². The van der Waals surface area contributed by atoms with Crippen LogP contribution >= 0.6 is 0 Å². The van der Waals surface area contributed by atoms with Crippen LogP contribution in [0.25, 0.3) is 0 Å². The molecule has 1 saturated heterocycles. The monoisotopic (exact) mass is 288 g/mol. The van der Waals surface area contributed by atoms with Gasteiger partial charge in [0.05, 0.1) is 0 Å². The van der Waals surface area contributed by atoms with Gasteiger partial charge in [-0.1, -0.05) is 0 Å². The van der Waals surface area contributed by atoms with Crippen LogP contribution < -0.4 is 56.3 Å². The Labute approximate surface area is 159 Å². The van der Waals surface area contributed by atoms with Gasteiger partial charge in [-0.2, -0.15) is 6.42 Å². The molecule has 0 amide bonds. The van der Waals surface area contributed by atoms with Crippen molar-refractivity contribution in [3.8, 4) is 0 Å². The zero-order chi connectivity index (χ0) is 12.3. The first-order valence-corrected chi connectivity index (χ1v) is 6.07. The van der Waals surface area contributed by atoms with Crippen LogP contribution in [0.4, 0.5) is 10.1 Å². The van der Waals surface area contributed by atoms with Crippen molar-refractivity contribution in [3.05, 3.63) is 51.4 Å². The third kappa shape index (κ3) is 5.44. The van der Waals surface area contributed by atoms with Crippen LogP contribution in [0, 0.1) is 27.1 Å². The van der Waals surface area contributed by atoms with Crippen LogP contribution in [0.1, 0.15) is 6.42 Å². The standard InChI is InChI=1S/C14H19FN2.CH3.K/c1-3-12(2)16-8-10-17(11-9-16)14-6-4-13(15)5-7-14;;/h4-7,12H,1-3,8-11H2;1H3;/q-2;-1;+1. The van der Waals surface area contributed by atoms with Gasteiger partial charge in [-0.25, -0.2) is 4.39 Å². The molecule has 1 atom stereocenters. The SMILES string of the molecule is [CH2-]CC([CH2-])N1CCN(c2ccc(F)cc2)CC1.[CH3-].[K+]. The summed E-state index contributed by atoms with van der Waals surface area (Å²) in [5.41, 5.74) is 1.10. The van der Waals surface area contributed by atoms with Crippen molar-refractivity contribution >= 4 is 5.69 Å². The van der Waals surface area contributed by atoms with Gasteiger partial charge in [-0.05, 0) is 24.3 Å². The first-order valence-electron chi connectivity index (χ1n) is 6.07. The van der Waals surface area contributed by atoms with Crippen molar-refractivity contribution in [1.82, 2.24) is 4.90 Å². The van der Waals surface area contributed by atoms with Crippen LogP contribution in [0.3, 0.4) is 0 Å². The zero-order valence-corrected chi connectivity index (χ0v) is 15.2. The minimum absolute atomic E-state index is 0. The number of anilines is 1. The summed E-state index contributed by atoms with van der Waals surface area (Å²) in [6.07, 6.45) is 0.844. The van der Waals surface area contributed by atoms with E-state index in [0.717, 1.165) is 38.3 Å². The third-order valence-electron chi connectivity index (χ3n) is 3.36. The molecule has 1 fully saturated rings. The molecule has 0 aromatic heterocycles. The van der Waals surface area contributed by atoms with E-state index in [1.165, 1.54) is 12.1 Å². The Morgan fingerprint density at radius 3 is 2.11 bits per heavy atom. The average Bonchev–Trinajstić information content (AvgIpc) is 2.39. The van der Waals surface area contributed by atoms with Gasteiger partial charge in [0.15, 0.2) is 0 Å². The summed E-state index contributed by atoms with van der Waals surface area (Å²) in [6.45, 7) is 11.9. The summed E-state index contributed by atoms with van der Waals surface area (Å²) in [5.74, 6) is -0.178. The molecule has 1 heterocycles. The van der Waals surface area contributed by atoms with Crippen molar-refractivity contribution in [1.29, 1.82) is 0 Å². The van der Waals surface area contributed by atoms with E-state index in [-0.39, 0.29) is 64.6 Å². The molecule has 102 valence electrons. The molecule has 0 N–H and O–H groups in total. The van der Waals surface area contributed by atoms with Crippen LogP contribution in [0.2, 0.25) is 0 Å². The summed E-state index contributed by atoms with van der Waals surface area (Å²) in [6, 6.07) is 7.02. The van der Waals surface area contributed by atoms with E-state index < -0.39 is 0 Å². The fourth-order valence-electron chi connectivity index (χ4n) is 2.18. The van der Waals surface area contributed by atoms with Crippen LogP contribution in [0.5, 0.6) is 0 Å². The minimum Gasteiger partial charge on any atom is -0.369 e. The Morgan fingerprint density at radius 2 is 1.63 bits per heavy atom. The molecule has 1 unspecified atom stereocenters. The minimum atomic E-state index is -0.178. The summed E-state index contributed by atoms with van der Waals surface area (Å²) < 4.78 is 12.8. The molecule has 1 aromatic rings. The molecule has 0 aliphatic carbocycles. The van der Waals surface area contributed by atoms with Gasteiger partial charge in [0, 0.05) is 31.9 Å². The second-order valence-corrected chi connectivity index (χ2v) is 4.44. The Morgan fingerprint density at radius 1 is 1.11 bits per heavy atom. The number of hydrogen-bond donors (Lipinski definition) is 0. The van der Waals surface area contributed by atoms with Crippen molar-refractivity contribution in [2.75, 3.05) is 31.1 Å². The molecule has 0 spiro atoms. The quantitative estimate of drug-likeness (QED) is 0.563. The third-order valence-corrected chi connectivity index (χ3v) is 3.36. The van der Waals surface area contributed by atoms with Crippen molar-refractivity contribution in [3.63, 3.8) is 0 Å². The summed E-state index contributed by atoms with van der Waals surface area (Å²) >= 11 is 0. The Bertz CT molecular complexity index is 348. The average molecular weight is 288 g/mol. The summed E-state index contributed by atoms with van der Waals surface area (Å²) in [7, 11) is 0. The van der Waals surface area contributed by atoms with Gasteiger partial charge in [-0.3, -0.25) is 0 Å². The van der Waals surface area contributed by atoms with Crippen LogP contribution in [-0.2, 0) is 0 Å². The maximum Gasteiger partial charge on any atom is 1.00 e. The van der Waals surface area contributed by atoms with E-state index in [9.17, 15) is 4.39 Å². The number of rotatable bonds is 3. The summed E-state index contributed by atoms with van der Waals surface area (Å²) in [4.78, 5) is 4.64. The second-order valence-electron chi connectivity index (χ2n) is 4.44. The predicted molar refractivity (Wildman–Crippen MR) is 75.7 cm³/mol. The molecule has 0 bridgehead atoms. The maximum atomic E-state index is 12.8. The van der Waals surface area contributed by atoms with Crippen molar-refractivity contribution < 1.29 is 55.8 Å². The molecule has 0 saturated carbocycles. The fourth-order valence-corrected chi connectivity index (χ4v) is 2.18. The molecule has 4 heteroatoms. The number of benzene rings is 1. The normalized spacial score (nSPS) is 17.3. The van der Waals surface area contributed by atoms with E-state index in [2.05, 4.69) is 23.6 Å². The van der Waals surface area contributed by atoms with Crippen molar-refractivity contribution in [2.24, 2.45) is 0 Å². The second kappa shape index (κ2) is 9.48. The molecule has 1 aromatic carbocycles. The van der Waals surface area contributed by atoms with Gasteiger partial charge in [-0.15, -0.1) is 6.04 Å². The number of piperazine rings is 1. The fraction of sp³-hybridized carbons (Fsp3) is 0.400. The molecule has 1 aliphatic rings. The largest absolute Gasteiger partial charge is 1.00 e. The molecule has 2 rings (SSSR count). The zero-order valence-electron chi connectivity index (χ0n) is 12.1. The number of halogens is 1. The predicted octanol–water partition coefficient (Wildman–Crippen LogP) is -0.171.